The zero-order valence-electron chi connectivity index (χ0n) is 19.7. The average Bonchev–Trinajstić information content (AvgIpc) is 2.91. The molecule has 0 spiro atoms. The van der Waals surface area contributed by atoms with Gasteiger partial charge < -0.3 is 30.7 Å². The van der Waals surface area contributed by atoms with Crippen LogP contribution >= 0.6 is 0 Å². The van der Waals surface area contributed by atoms with Crippen molar-refractivity contribution >= 4 is 23.3 Å². The van der Waals surface area contributed by atoms with Crippen LogP contribution in [0, 0.1) is 11.3 Å². The van der Waals surface area contributed by atoms with E-state index in [-0.39, 0.29) is 17.7 Å². The zero-order chi connectivity index (χ0) is 25.3. The molecular formula is C26H26N6O4. The maximum absolute atomic E-state index is 12.5. The minimum absolute atomic E-state index is 0.0730. The molecule has 36 heavy (non-hydrogen) atoms. The first kappa shape index (κ1) is 24.5. The molecule has 0 aliphatic carbocycles. The second kappa shape index (κ2) is 11.7. The number of rotatable bonds is 7. The van der Waals surface area contributed by atoms with Crippen LogP contribution in [0.2, 0.25) is 0 Å². The van der Waals surface area contributed by atoms with Crippen LogP contribution in [-0.4, -0.2) is 43.2 Å². The van der Waals surface area contributed by atoms with E-state index >= 15 is 0 Å². The van der Waals surface area contributed by atoms with Gasteiger partial charge in [-0.1, -0.05) is 0 Å². The van der Waals surface area contributed by atoms with E-state index in [0.717, 1.165) is 25.9 Å². The molecule has 0 saturated carbocycles. The number of hydrogen-bond acceptors (Lipinski definition) is 7. The van der Waals surface area contributed by atoms with Crippen molar-refractivity contribution in [2.75, 3.05) is 30.8 Å². The molecule has 3 amide bonds. The summed E-state index contributed by atoms with van der Waals surface area (Å²) in [7, 11) is 1.53. The number of urea groups is 1. The van der Waals surface area contributed by atoms with Crippen LogP contribution in [0.1, 0.15) is 28.9 Å². The summed E-state index contributed by atoms with van der Waals surface area (Å²) >= 11 is 0. The van der Waals surface area contributed by atoms with Gasteiger partial charge in [0.1, 0.15) is 35.1 Å². The number of piperidine rings is 1. The number of amides is 3. The third kappa shape index (κ3) is 6.49. The molecule has 1 aliphatic rings. The first-order valence-electron chi connectivity index (χ1n) is 11.5. The normalized spacial score (nSPS) is 13.2. The molecule has 1 aromatic heterocycles. The lowest BCUT2D eigenvalue weighted by Crippen LogP contribution is -2.34. The van der Waals surface area contributed by atoms with Gasteiger partial charge in [-0.15, -0.1) is 0 Å². The summed E-state index contributed by atoms with van der Waals surface area (Å²) in [5, 5.41) is 20.8. The number of nitrogens with one attached hydrogen (secondary N) is 4. The molecule has 1 aliphatic heterocycles. The molecule has 4 rings (SSSR count). The Bertz CT molecular complexity index is 1270. The Hall–Kier alpha value is -4.62. The van der Waals surface area contributed by atoms with E-state index in [1.807, 2.05) is 0 Å². The largest absolute Gasteiger partial charge is 0.489 e. The van der Waals surface area contributed by atoms with Gasteiger partial charge in [-0.2, -0.15) is 5.26 Å². The molecule has 184 valence electrons. The monoisotopic (exact) mass is 486 g/mol. The van der Waals surface area contributed by atoms with Gasteiger partial charge in [0.15, 0.2) is 0 Å². The van der Waals surface area contributed by atoms with E-state index in [2.05, 4.69) is 32.3 Å². The topological polar surface area (TPSA) is 137 Å². The summed E-state index contributed by atoms with van der Waals surface area (Å²) in [5.74, 6) is 1.19. The number of hydrogen-bond donors (Lipinski definition) is 4. The Morgan fingerprint density at radius 1 is 1.00 bits per heavy atom. The van der Waals surface area contributed by atoms with Crippen LogP contribution in [-0.2, 0) is 0 Å². The first-order valence-corrected chi connectivity index (χ1v) is 11.5. The van der Waals surface area contributed by atoms with Gasteiger partial charge in [-0.05, 0) is 74.5 Å². The Morgan fingerprint density at radius 2 is 1.72 bits per heavy atom. The van der Waals surface area contributed by atoms with Crippen LogP contribution in [0.25, 0.3) is 0 Å². The fourth-order valence-electron chi connectivity index (χ4n) is 3.65. The minimum atomic E-state index is -0.455. The van der Waals surface area contributed by atoms with Crippen molar-refractivity contribution < 1.29 is 19.1 Å². The van der Waals surface area contributed by atoms with E-state index < -0.39 is 6.03 Å². The van der Waals surface area contributed by atoms with E-state index in [4.69, 9.17) is 9.47 Å². The highest BCUT2D eigenvalue weighted by atomic mass is 16.5. The highest BCUT2D eigenvalue weighted by molar-refractivity contribution is 6.00. The smallest absolute Gasteiger partial charge is 0.323 e. The Balaban J connectivity index is 1.33. The van der Waals surface area contributed by atoms with Crippen LogP contribution in [0.15, 0.2) is 60.8 Å². The number of anilines is 2. The van der Waals surface area contributed by atoms with E-state index in [9.17, 15) is 14.9 Å². The molecule has 10 nitrogen and oxygen atoms in total. The Labute approximate surface area is 208 Å². The number of aromatic nitrogens is 1. The van der Waals surface area contributed by atoms with Crippen molar-refractivity contribution in [3.63, 3.8) is 0 Å². The lowest BCUT2D eigenvalue weighted by molar-refractivity contribution is 0.0957. The molecule has 2 aromatic carbocycles. The molecule has 4 N–H and O–H groups in total. The Kier molecular flexibility index (Phi) is 7.95. The molecule has 1 saturated heterocycles. The van der Waals surface area contributed by atoms with Gasteiger partial charge in [0.2, 0.25) is 0 Å². The van der Waals surface area contributed by atoms with Crippen molar-refractivity contribution in [3.05, 3.63) is 72.1 Å². The van der Waals surface area contributed by atoms with Crippen molar-refractivity contribution in [2.45, 2.75) is 18.9 Å². The number of ether oxygens (including phenoxy) is 2. The molecule has 0 radical (unpaired) electrons. The number of carbonyl (C=O) groups is 2. The van der Waals surface area contributed by atoms with Gasteiger partial charge in [0.25, 0.3) is 5.91 Å². The molecule has 0 bridgehead atoms. The fraction of sp³-hybridized carbons (Fsp3) is 0.231. The van der Waals surface area contributed by atoms with Gasteiger partial charge in [0.05, 0.1) is 5.56 Å². The number of nitrogens with zero attached hydrogens (tertiary/aromatic N) is 2. The van der Waals surface area contributed by atoms with Gasteiger partial charge in [-0.25, -0.2) is 4.79 Å². The Morgan fingerprint density at radius 3 is 2.44 bits per heavy atom. The van der Waals surface area contributed by atoms with E-state index in [1.54, 1.807) is 48.5 Å². The summed E-state index contributed by atoms with van der Waals surface area (Å²) in [6.45, 7) is 1.78. The lowest BCUT2D eigenvalue weighted by atomic mass is 10.1. The maximum Gasteiger partial charge on any atom is 0.323 e. The molecule has 1 fully saturated rings. The van der Waals surface area contributed by atoms with E-state index in [1.165, 1.54) is 19.3 Å². The third-order valence-electron chi connectivity index (χ3n) is 5.48. The van der Waals surface area contributed by atoms with Crippen molar-refractivity contribution in [3.8, 4) is 23.3 Å². The quantitative estimate of drug-likeness (QED) is 0.398. The number of carbonyl (C=O) groups excluding carboxylic acids is 2. The molecule has 0 unspecified atom stereocenters. The molecule has 10 heteroatoms. The van der Waals surface area contributed by atoms with Gasteiger partial charge in [0, 0.05) is 30.7 Å². The van der Waals surface area contributed by atoms with Crippen LogP contribution in [0.5, 0.6) is 17.2 Å². The molecule has 2 heterocycles. The van der Waals surface area contributed by atoms with Crippen molar-refractivity contribution in [1.82, 2.24) is 15.6 Å². The highest BCUT2D eigenvalue weighted by Gasteiger charge is 2.17. The summed E-state index contributed by atoms with van der Waals surface area (Å²) < 4.78 is 11.8. The zero-order valence-corrected chi connectivity index (χ0v) is 19.7. The predicted octanol–water partition coefficient (Wildman–Crippen LogP) is 3.88. The number of pyridine rings is 1. The second-order valence-electron chi connectivity index (χ2n) is 8.05. The second-order valence-corrected chi connectivity index (χ2v) is 8.05. The lowest BCUT2D eigenvalue weighted by Gasteiger charge is -2.24. The number of benzene rings is 2. The van der Waals surface area contributed by atoms with Gasteiger partial charge >= 0.3 is 6.03 Å². The van der Waals surface area contributed by atoms with Crippen LogP contribution < -0.4 is 30.7 Å². The average molecular weight is 487 g/mol. The summed E-state index contributed by atoms with van der Waals surface area (Å²) in [6.07, 6.45) is 3.33. The molecule has 0 atom stereocenters. The van der Waals surface area contributed by atoms with Crippen LogP contribution in [0.3, 0.4) is 0 Å². The minimum Gasteiger partial charge on any atom is -0.489 e. The molecule has 3 aromatic rings. The summed E-state index contributed by atoms with van der Waals surface area (Å²) in [6, 6.07) is 16.6. The summed E-state index contributed by atoms with van der Waals surface area (Å²) in [4.78, 5) is 28.2. The van der Waals surface area contributed by atoms with Crippen molar-refractivity contribution in [2.24, 2.45) is 0 Å². The van der Waals surface area contributed by atoms with Crippen LogP contribution in [0.4, 0.5) is 16.2 Å². The fourth-order valence-corrected chi connectivity index (χ4v) is 3.65. The number of nitriles is 1. The summed E-state index contributed by atoms with van der Waals surface area (Å²) in [5.41, 5.74) is 1.64. The third-order valence-corrected chi connectivity index (χ3v) is 5.48. The van der Waals surface area contributed by atoms with Crippen molar-refractivity contribution in [1.29, 1.82) is 5.26 Å². The predicted molar refractivity (Wildman–Crippen MR) is 134 cm³/mol. The SMILES string of the molecule is CNC(=O)c1cc(Oc2ccc(NC(=O)Nc3ccc(OC4CCNCC4)c(C#N)c3)cc2)ccn1. The first-order chi connectivity index (χ1) is 17.5. The maximum atomic E-state index is 12.5. The molecular weight excluding hydrogens is 460 g/mol. The van der Waals surface area contributed by atoms with E-state index in [0.29, 0.717) is 34.2 Å². The van der Waals surface area contributed by atoms with Gasteiger partial charge in [-0.3, -0.25) is 9.78 Å². The highest BCUT2D eigenvalue weighted by Crippen LogP contribution is 2.26. The standard InChI is InChI=1S/C26H26N6O4/c1-28-25(33)23-15-22(10-13-30-23)35-20-5-2-18(3-6-20)31-26(34)32-19-4-7-24(17(14-19)16-27)36-21-8-11-29-12-9-21/h2-7,10,13-15,21,29H,8-9,11-12H2,1H3,(H,28,33)(H2,31,32,34).